The highest BCUT2D eigenvalue weighted by atomic mass is 16.5. The number of anilines is 2. The van der Waals surface area contributed by atoms with E-state index in [1.807, 2.05) is 43.0 Å². The summed E-state index contributed by atoms with van der Waals surface area (Å²) in [7, 11) is 0. The second-order valence-corrected chi connectivity index (χ2v) is 4.99. The van der Waals surface area contributed by atoms with Gasteiger partial charge in [-0.3, -0.25) is 4.79 Å². The van der Waals surface area contributed by atoms with Crippen LogP contribution in [0, 0.1) is 0 Å². The zero-order chi connectivity index (χ0) is 14.5. The van der Waals surface area contributed by atoms with Crippen molar-refractivity contribution in [3.63, 3.8) is 0 Å². The van der Waals surface area contributed by atoms with Crippen LogP contribution in [0.3, 0.4) is 0 Å². The third-order valence-corrected chi connectivity index (χ3v) is 3.69. The minimum atomic E-state index is -0.195. The van der Waals surface area contributed by atoms with Crippen molar-refractivity contribution in [3.05, 3.63) is 24.3 Å². The van der Waals surface area contributed by atoms with E-state index >= 15 is 0 Å². The summed E-state index contributed by atoms with van der Waals surface area (Å²) in [6.07, 6.45) is 0. The smallest absolute Gasteiger partial charge is 0.245 e. The predicted octanol–water partition coefficient (Wildman–Crippen LogP) is 1.34. The highest BCUT2D eigenvalue weighted by molar-refractivity contribution is 5.85. The summed E-state index contributed by atoms with van der Waals surface area (Å²) < 4.78 is 5.29. The van der Waals surface area contributed by atoms with Crippen molar-refractivity contribution in [1.82, 2.24) is 4.90 Å². The van der Waals surface area contributed by atoms with E-state index in [1.165, 1.54) is 0 Å². The molecular weight excluding hydrogens is 254 g/mol. The first-order chi connectivity index (χ1) is 9.63. The standard InChI is InChI=1S/C15H23N3O2/c1-3-18(14-6-4-5-13(16)11-14)12(2)15(19)17-7-9-20-10-8-17/h4-6,11-12H,3,7-10,16H2,1-2H3. The molecule has 5 nitrogen and oxygen atoms in total. The largest absolute Gasteiger partial charge is 0.399 e. The first-order valence-corrected chi connectivity index (χ1v) is 7.12. The number of carbonyl (C=O) groups excluding carboxylic acids is 1. The molecule has 1 aliphatic rings. The van der Waals surface area contributed by atoms with Gasteiger partial charge in [0.15, 0.2) is 0 Å². The molecule has 110 valence electrons. The van der Waals surface area contributed by atoms with E-state index in [9.17, 15) is 4.79 Å². The summed E-state index contributed by atoms with van der Waals surface area (Å²) in [6.45, 7) is 7.37. The fraction of sp³-hybridized carbons (Fsp3) is 0.533. The molecule has 1 amide bonds. The van der Waals surface area contributed by atoms with Crippen LogP contribution < -0.4 is 10.6 Å². The van der Waals surface area contributed by atoms with Crippen LogP contribution >= 0.6 is 0 Å². The Labute approximate surface area is 120 Å². The Kier molecular flexibility index (Phi) is 4.84. The van der Waals surface area contributed by atoms with Crippen LogP contribution in [0.2, 0.25) is 0 Å². The lowest BCUT2D eigenvalue weighted by Crippen LogP contribution is -2.50. The predicted molar refractivity (Wildman–Crippen MR) is 80.7 cm³/mol. The monoisotopic (exact) mass is 277 g/mol. The van der Waals surface area contributed by atoms with E-state index in [2.05, 4.69) is 4.90 Å². The van der Waals surface area contributed by atoms with Gasteiger partial charge in [-0.25, -0.2) is 0 Å². The molecule has 1 atom stereocenters. The molecule has 0 radical (unpaired) electrons. The van der Waals surface area contributed by atoms with Crippen molar-refractivity contribution >= 4 is 17.3 Å². The Hall–Kier alpha value is -1.75. The topological polar surface area (TPSA) is 58.8 Å². The van der Waals surface area contributed by atoms with Crippen LogP contribution in [0.15, 0.2) is 24.3 Å². The minimum Gasteiger partial charge on any atom is -0.399 e. The van der Waals surface area contributed by atoms with E-state index < -0.39 is 0 Å². The molecule has 1 aromatic rings. The van der Waals surface area contributed by atoms with Gasteiger partial charge in [-0.2, -0.15) is 0 Å². The number of likely N-dealkylation sites (N-methyl/N-ethyl adjacent to an activating group) is 1. The lowest BCUT2D eigenvalue weighted by atomic mass is 10.2. The fourth-order valence-corrected chi connectivity index (χ4v) is 2.56. The number of ether oxygens (including phenoxy) is 1. The SMILES string of the molecule is CCN(c1cccc(N)c1)C(C)C(=O)N1CCOCC1. The van der Waals surface area contributed by atoms with E-state index in [4.69, 9.17) is 10.5 Å². The molecule has 0 bridgehead atoms. The molecule has 0 aliphatic carbocycles. The second-order valence-electron chi connectivity index (χ2n) is 4.99. The van der Waals surface area contributed by atoms with Crippen molar-refractivity contribution in [3.8, 4) is 0 Å². The van der Waals surface area contributed by atoms with Gasteiger partial charge >= 0.3 is 0 Å². The van der Waals surface area contributed by atoms with Gasteiger partial charge in [-0.1, -0.05) is 6.07 Å². The molecule has 0 spiro atoms. The number of morpholine rings is 1. The fourth-order valence-electron chi connectivity index (χ4n) is 2.56. The zero-order valence-electron chi connectivity index (χ0n) is 12.2. The molecule has 1 unspecified atom stereocenters. The lowest BCUT2D eigenvalue weighted by Gasteiger charge is -2.35. The first kappa shape index (κ1) is 14.7. The van der Waals surface area contributed by atoms with Crippen molar-refractivity contribution in [1.29, 1.82) is 0 Å². The Balaban J connectivity index is 2.11. The quantitative estimate of drug-likeness (QED) is 0.844. The Morgan fingerprint density at radius 3 is 2.75 bits per heavy atom. The Morgan fingerprint density at radius 1 is 1.45 bits per heavy atom. The molecule has 1 aromatic carbocycles. The first-order valence-electron chi connectivity index (χ1n) is 7.12. The molecule has 1 heterocycles. The molecule has 20 heavy (non-hydrogen) atoms. The third kappa shape index (κ3) is 3.22. The van der Waals surface area contributed by atoms with E-state index in [1.54, 1.807) is 0 Å². The summed E-state index contributed by atoms with van der Waals surface area (Å²) in [6, 6.07) is 7.47. The number of hydrogen-bond donors (Lipinski definition) is 1. The van der Waals surface area contributed by atoms with Gasteiger partial charge in [0.2, 0.25) is 5.91 Å². The number of carbonyl (C=O) groups is 1. The van der Waals surface area contributed by atoms with Crippen LogP contribution in [-0.4, -0.2) is 49.7 Å². The number of nitrogens with two attached hydrogens (primary N) is 1. The number of amides is 1. The second kappa shape index (κ2) is 6.61. The number of hydrogen-bond acceptors (Lipinski definition) is 4. The number of benzene rings is 1. The molecule has 1 fully saturated rings. The minimum absolute atomic E-state index is 0.151. The molecule has 1 aliphatic heterocycles. The van der Waals surface area contributed by atoms with Gasteiger partial charge in [0.25, 0.3) is 0 Å². The maximum absolute atomic E-state index is 12.6. The van der Waals surface area contributed by atoms with Crippen molar-refractivity contribution in [2.24, 2.45) is 0 Å². The Bertz CT molecular complexity index is 458. The molecular formula is C15H23N3O2. The highest BCUT2D eigenvalue weighted by Gasteiger charge is 2.26. The summed E-state index contributed by atoms with van der Waals surface area (Å²) in [5.41, 5.74) is 7.53. The van der Waals surface area contributed by atoms with Crippen molar-refractivity contribution < 1.29 is 9.53 Å². The average molecular weight is 277 g/mol. The molecule has 0 aromatic heterocycles. The van der Waals surface area contributed by atoms with E-state index in [-0.39, 0.29) is 11.9 Å². The van der Waals surface area contributed by atoms with Crippen LogP contribution in [-0.2, 0) is 9.53 Å². The number of rotatable bonds is 4. The Morgan fingerprint density at radius 2 is 2.15 bits per heavy atom. The van der Waals surface area contributed by atoms with Crippen molar-refractivity contribution in [2.75, 3.05) is 43.5 Å². The molecule has 0 saturated carbocycles. The normalized spacial score (nSPS) is 16.8. The molecule has 1 saturated heterocycles. The van der Waals surface area contributed by atoms with Crippen LogP contribution in [0.25, 0.3) is 0 Å². The molecule has 5 heteroatoms. The number of nitrogen functional groups attached to an aromatic ring is 1. The maximum atomic E-state index is 12.6. The van der Waals surface area contributed by atoms with Crippen LogP contribution in [0.4, 0.5) is 11.4 Å². The molecule has 2 rings (SSSR count). The van der Waals surface area contributed by atoms with Gasteiger partial charge in [-0.05, 0) is 32.0 Å². The third-order valence-electron chi connectivity index (χ3n) is 3.69. The van der Waals surface area contributed by atoms with Gasteiger partial charge in [0.05, 0.1) is 13.2 Å². The summed E-state index contributed by atoms with van der Waals surface area (Å²) in [5, 5.41) is 0. The van der Waals surface area contributed by atoms with E-state index in [0.717, 1.165) is 12.2 Å². The zero-order valence-corrected chi connectivity index (χ0v) is 12.2. The van der Waals surface area contributed by atoms with Gasteiger partial charge in [-0.15, -0.1) is 0 Å². The summed E-state index contributed by atoms with van der Waals surface area (Å²) in [4.78, 5) is 16.5. The maximum Gasteiger partial charge on any atom is 0.245 e. The highest BCUT2D eigenvalue weighted by Crippen LogP contribution is 2.20. The van der Waals surface area contributed by atoms with Gasteiger partial charge < -0.3 is 20.3 Å². The van der Waals surface area contributed by atoms with Gasteiger partial charge in [0.1, 0.15) is 6.04 Å². The lowest BCUT2D eigenvalue weighted by molar-refractivity contribution is -0.136. The van der Waals surface area contributed by atoms with Crippen LogP contribution in [0.5, 0.6) is 0 Å². The van der Waals surface area contributed by atoms with E-state index in [0.29, 0.717) is 32.0 Å². The average Bonchev–Trinajstić information content (AvgIpc) is 2.48. The van der Waals surface area contributed by atoms with Gasteiger partial charge in [0, 0.05) is 31.0 Å². The number of nitrogens with zero attached hydrogens (tertiary/aromatic N) is 2. The molecule has 2 N–H and O–H groups in total. The van der Waals surface area contributed by atoms with Crippen LogP contribution in [0.1, 0.15) is 13.8 Å². The summed E-state index contributed by atoms with van der Waals surface area (Å²) >= 11 is 0. The summed E-state index contributed by atoms with van der Waals surface area (Å²) in [5.74, 6) is 0.151. The van der Waals surface area contributed by atoms with Crippen molar-refractivity contribution in [2.45, 2.75) is 19.9 Å².